The number of fused-ring (bicyclic) bond motifs is 1. The molecule has 0 unspecified atom stereocenters. The molecule has 0 aromatic heterocycles. The van der Waals surface area contributed by atoms with Gasteiger partial charge in [-0.15, -0.1) is 0 Å². The van der Waals surface area contributed by atoms with Crippen molar-refractivity contribution in [2.45, 2.75) is 17.9 Å². The van der Waals surface area contributed by atoms with E-state index in [1.807, 2.05) is 29.2 Å². The lowest BCUT2D eigenvalue weighted by Crippen LogP contribution is -2.23. The molecule has 0 bridgehead atoms. The quantitative estimate of drug-likeness (QED) is 0.510. The highest BCUT2D eigenvalue weighted by Gasteiger charge is 2.22. The van der Waals surface area contributed by atoms with E-state index in [-0.39, 0.29) is 11.7 Å². The number of nitrogens with zero attached hydrogens (tertiary/aromatic N) is 1. The van der Waals surface area contributed by atoms with Crippen LogP contribution in [0.2, 0.25) is 0 Å². The largest absolute Gasteiger partial charge is 0.497 e. The van der Waals surface area contributed by atoms with Crippen LogP contribution in [-0.4, -0.2) is 42.9 Å². The Morgan fingerprint density at radius 3 is 2.56 bits per heavy atom. The molecule has 8 heteroatoms. The zero-order chi connectivity index (χ0) is 24.3. The molecule has 0 spiro atoms. The van der Waals surface area contributed by atoms with E-state index in [2.05, 4.69) is 5.32 Å². The minimum absolute atomic E-state index is 0.240. The van der Waals surface area contributed by atoms with Crippen molar-refractivity contribution in [1.29, 1.82) is 0 Å². The molecular weight excluding hydrogens is 455 g/mol. The maximum atomic E-state index is 14.7. The first kappa shape index (κ1) is 23.8. The Hall–Kier alpha value is -3.39. The van der Waals surface area contributed by atoms with E-state index in [1.165, 1.54) is 6.07 Å². The summed E-state index contributed by atoms with van der Waals surface area (Å²) in [7, 11) is -0.766. The van der Waals surface area contributed by atoms with E-state index in [1.54, 1.807) is 50.0 Å². The molecule has 0 saturated carbocycles. The summed E-state index contributed by atoms with van der Waals surface area (Å²) in [4.78, 5) is 15.5. The number of amides is 1. The van der Waals surface area contributed by atoms with Crippen LogP contribution in [0.15, 0.2) is 65.6 Å². The number of hydrogen-bond donors (Lipinski definition) is 2. The van der Waals surface area contributed by atoms with E-state index < -0.39 is 9.93 Å². The summed E-state index contributed by atoms with van der Waals surface area (Å²) < 4.78 is 38.0. The van der Waals surface area contributed by atoms with Crippen molar-refractivity contribution in [2.75, 3.05) is 37.7 Å². The van der Waals surface area contributed by atoms with Crippen molar-refractivity contribution < 1.29 is 22.9 Å². The van der Waals surface area contributed by atoms with Crippen LogP contribution in [0.25, 0.3) is 0 Å². The number of nitrogens with one attached hydrogen (secondary N) is 1. The summed E-state index contributed by atoms with van der Waals surface area (Å²) in [5.74, 6) is 0.491. The van der Waals surface area contributed by atoms with Gasteiger partial charge in [-0.05, 0) is 67.0 Å². The fourth-order valence-electron chi connectivity index (χ4n) is 3.85. The summed E-state index contributed by atoms with van der Waals surface area (Å²) in [6.07, 6.45) is 4.16. The van der Waals surface area contributed by atoms with Crippen molar-refractivity contribution in [2.24, 2.45) is 0 Å². The molecule has 180 valence electrons. The topological polar surface area (TPSA) is 67.9 Å². The van der Waals surface area contributed by atoms with Crippen LogP contribution in [0.1, 0.15) is 22.3 Å². The van der Waals surface area contributed by atoms with Crippen LogP contribution in [0, 0.1) is 5.82 Å². The number of carbonyl (C=O) groups is 1. The number of hydrogen-bond acceptors (Lipinski definition) is 5. The van der Waals surface area contributed by atoms with Crippen molar-refractivity contribution in [3.63, 3.8) is 0 Å². The fraction of sp³-hybridized carbons (Fsp3) is 0.269. The number of anilines is 2. The highest BCUT2D eigenvalue weighted by molar-refractivity contribution is 8.01. The molecule has 0 radical (unpaired) electrons. The molecule has 1 heterocycles. The summed E-state index contributed by atoms with van der Waals surface area (Å²) >= 11 is 0. The smallest absolute Gasteiger partial charge is 0.251 e. The molecular formula is C26H29FN2O4S. The maximum Gasteiger partial charge on any atom is 0.251 e. The zero-order valence-corrected chi connectivity index (χ0v) is 20.4. The van der Waals surface area contributed by atoms with Gasteiger partial charge in [0.1, 0.15) is 17.3 Å². The van der Waals surface area contributed by atoms with E-state index in [0.717, 1.165) is 10.5 Å². The van der Waals surface area contributed by atoms with Gasteiger partial charge in [0.2, 0.25) is 0 Å². The number of benzene rings is 3. The number of methoxy groups -OCH3 is 1. The first-order valence-electron chi connectivity index (χ1n) is 11.1. The Kier molecular flexibility index (Phi) is 6.88. The summed E-state index contributed by atoms with van der Waals surface area (Å²) in [5, 5.41) is 2.91. The number of ether oxygens (including phenoxy) is 2. The zero-order valence-electron chi connectivity index (χ0n) is 19.5. The van der Waals surface area contributed by atoms with E-state index in [0.29, 0.717) is 54.6 Å². The second kappa shape index (κ2) is 9.85. The summed E-state index contributed by atoms with van der Waals surface area (Å²) in [5.41, 5.74) is 2.46. The molecule has 0 saturated heterocycles. The van der Waals surface area contributed by atoms with Gasteiger partial charge in [0.05, 0.1) is 25.1 Å². The van der Waals surface area contributed by atoms with Gasteiger partial charge in [0.25, 0.3) is 5.91 Å². The Morgan fingerprint density at radius 2 is 1.85 bits per heavy atom. The Bertz CT molecular complexity index is 1240. The van der Waals surface area contributed by atoms with Gasteiger partial charge >= 0.3 is 0 Å². The second-order valence-corrected chi connectivity index (χ2v) is 11.8. The number of rotatable bonds is 6. The molecule has 4 rings (SSSR count). The molecule has 6 nitrogen and oxygen atoms in total. The second-order valence-electron chi connectivity index (χ2n) is 8.55. The SMILES string of the molecule is COc1ccc(F)c(N2CCCOc3cc(C(=O)NCc4ccc([SH](C)(C)=O)cc4)ccc32)c1. The number of halogens is 1. The fourth-order valence-corrected chi connectivity index (χ4v) is 4.72. The van der Waals surface area contributed by atoms with Crippen molar-refractivity contribution in [3.8, 4) is 11.5 Å². The standard InChI is InChI=1S/C26H29FN2O4S/c1-32-20-8-11-22(27)24(16-20)29-13-4-14-33-25-15-19(7-12-23(25)29)26(30)28-17-18-5-9-21(10-6-18)34(2,3)31/h5-12,15-16,34H,4,13-14,17H2,1-3H3,(H,28,30). The van der Waals surface area contributed by atoms with Crippen LogP contribution < -0.4 is 19.7 Å². The van der Waals surface area contributed by atoms with E-state index in [9.17, 15) is 13.4 Å². The molecule has 0 aliphatic carbocycles. The molecule has 0 atom stereocenters. The van der Waals surface area contributed by atoms with Crippen LogP contribution >= 0.6 is 0 Å². The van der Waals surface area contributed by atoms with Gasteiger partial charge in [-0.3, -0.25) is 9.00 Å². The summed E-state index contributed by atoms with van der Waals surface area (Å²) in [6, 6.07) is 17.2. The Balaban J connectivity index is 1.53. The third-order valence-electron chi connectivity index (χ3n) is 5.75. The molecule has 0 fully saturated rings. The van der Waals surface area contributed by atoms with E-state index >= 15 is 0 Å². The van der Waals surface area contributed by atoms with Crippen molar-refractivity contribution in [3.05, 3.63) is 77.6 Å². The van der Waals surface area contributed by atoms with Crippen molar-refractivity contribution >= 4 is 27.2 Å². The molecule has 34 heavy (non-hydrogen) atoms. The minimum atomic E-state index is -2.31. The van der Waals surface area contributed by atoms with Gasteiger partial charge < -0.3 is 19.7 Å². The predicted molar refractivity (Wildman–Crippen MR) is 134 cm³/mol. The molecule has 1 aliphatic heterocycles. The highest BCUT2D eigenvalue weighted by Crippen LogP contribution is 2.39. The van der Waals surface area contributed by atoms with Gasteiger partial charge in [-0.2, -0.15) is 0 Å². The van der Waals surface area contributed by atoms with Crippen LogP contribution in [-0.2, 0) is 16.5 Å². The first-order chi connectivity index (χ1) is 16.3. The lowest BCUT2D eigenvalue weighted by molar-refractivity contribution is 0.0950. The molecule has 3 aromatic carbocycles. The Morgan fingerprint density at radius 1 is 1.09 bits per heavy atom. The average Bonchev–Trinajstić information content (AvgIpc) is 3.04. The number of thiol groups is 1. The van der Waals surface area contributed by atoms with E-state index in [4.69, 9.17) is 9.47 Å². The highest BCUT2D eigenvalue weighted by atomic mass is 32.2. The number of carbonyl (C=O) groups excluding carboxylic acids is 1. The third-order valence-corrected chi connectivity index (χ3v) is 7.29. The summed E-state index contributed by atoms with van der Waals surface area (Å²) in [6.45, 7) is 1.38. The van der Waals surface area contributed by atoms with Gasteiger partial charge in [0.15, 0.2) is 0 Å². The molecule has 1 N–H and O–H groups in total. The van der Waals surface area contributed by atoms with Crippen LogP contribution in [0.3, 0.4) is 0 Å². The Labute approximate surface area is 200 Å². The molecule has 1 amide bonds. The van der Waals surface area contributed by atoms with Gasteiger partial charge in [-0.1, -0.05) is 22.1 Å². The molecule has 3 aromatic rings. The van der Waals surface area contributed by atoms with Crippen LogP contribution in [0.4, 0.5) is 15.8 Å². The maximum absolute atomic E-state index is 14.7. The normalized spacial score (nSPS) is 13.9. The lowest BCUT2D eigenvalue weighted by Gasteiger charge is -2.25. The minimum Gasteiger partial charge on any atom is -0.497 e. The van der Waals surface area contributed by atoms with Crippen molar-refractivity contribution in [1.82, 2.24) is 5.32 Å². The van der Waals surface area contributed by atoms with Gasteiger partial charge in [0, 0.05) is 29.6 Å². The predicted octanol–water partition coefficient (Wildman–Crippen LogP) is 4.32. The van der Waals surface area contributed by atoms with Crippen LogP contribution in [0.5, 0.6) is 11.5 Å². The molecule has 1 aliphatic rings. The average molecular weight is 485 g/mol. The first-order valence-corrected chi connectivity index (χ1v) is 13.7. The van der Waals surface area contributed by atoms with Gasteiger partial charge in [-0.25, -0.2) is 4.39 Å². The lowest BCUT2D eigenvalue weighted by atomic mass is 10.1. The third kappa shape index (κ3) is 5.22. The monoisotopic (exact) mass is 484 g/mol.